The second-order valence-corrected chi connectivity index (χ2v) is 4.90. The monoisotopic (exact) mass is 247 g/mol. The molecule has 1 aromatic carbocycles. The molecule has 0 amide bonds. The summed E-state index contributed by atoms with van der Waals surface area (Å²) in [6.07, 6.45) is 0. The zero-order valence-corrected chi connectivity index (χ0v) is 11.1. The van der Waals surface area contributed by atoms with Gasteiger partial charge in [0.25, 0.3) is 0 Å². The molecule has 3 nitrogen and oxygen atoms in total. The molecule has 1 N–H and O–H groups in total. The van der Waals surface area contributed by atoms with Crippen LogP contribution in [0, 0.1) is 5.92 Å². The Kier molecular flexibility index (Phi) is 4.79. The summed E-state index contributed by atoms with van der Waals surface area (Å²) in [7, 11) is 0. The van der Waals surface area contributed by atoms with Crippen molar-refractivity contribution in [3.63, 3.8) is 0 Å². The van der Waals surface area contributed by atoms with Crippen LogP contribution in [0.4, 0.5) is 0 Å². The summed E-state index contributed by atoms with van der Waals surface area (Å²) in [5.41, 5.74) is 0.949. The van der Waals surface area contributed by atoms with E-state index in [1.807, 2.05) is 18.2 Å². The highest BCUT2D eigenvalue weighted by Gasteiger charge is 2.02. The van der Waals surface area contributed by atoms with Crippen molar-refractivity contribution >= 4 is 11.0 Å². The number of nitrogens with one attached hydrogen (secondary N) is 1. The van der Waals surface area contributed by atoms with Crippen LogP contribution >= 0.6 is 0 Å². The van der Waals surface area contributed by atoms with Gasteiger partial charge in [-0.25, -0.2) is 0 Å². The Morgan fingerprint density at radius 3 is 2.89 bits per heavy atom. The first-order valence-electron chi connectivity index (χ1n) is 6.51. The summed E-state index contributed by atoms with van der Waals surface area (Å²) in [5, 5.41) is 4.48. The van der Waals surface area contributed by atoms with E-state index in [2.05, 4.69) is 31.3 Å². The van der Waals surface area contributed by atoms with Crippen molar-refractivity contribution in [3.8, 4) is 0 Å². The van der Waals surface area contributed by atoms with Crippen molar-refractivity contribution < 1.29 is 9.15 Å². The fraction of sp³-hybridized carbons (Fsp3) is 0.467. The van der Waals surface area contributed by atoms with E-state index < -0.39 is 0 Å². The maximum atomic E-state index is 5.71. The summed E-state index contributed by atoms with van der Waals surface area (Å²) in [6.45, 7) is 7.48. The summed E-state index contributed by atoms with van der Waals surface area (Å²) >= 11 is 0. The molecule has 0 aliphatic carbocycles. The van der Waals surface area contributed by atoms with E-state index in [4.69, 9.17) is 9.15 Å². The zero-order valence-electron chi connectivity index (χ0n) is 11.1. The lowest BCUT2D eigenvalue weighted by atomic mass is 10.2. The number of hydrogen-bond acceptors (Lipinski definition) is 3. The molecule has 98 valence electrons. The molecular weight excluding hydrogens is 226 g/mol. The molecule has 0 saturated heterocycles. The normalized spacial score (nSPS) is 11.5. The van der Waals surface area contributed by atoms with E-state index >= 15 is 0 Å². The Balaban J connectivity index is 1.70. The number of para-hydroxylation sites is 1. The van der Waals surface area contributed by atoms with Gasteiger partial charge in [-0.3, -0.25) is 0 Å². The van der Waals surface area contributed by atoms with Crippen LogP contribution in [-0.4, -0.2) is 19.8 Å². The molecule has 0 radical (unpaired) electrons. The zero-order chi connectivity index (χ0) is 12.8. The van der Waals surface area contributed by atoms with Crippen LogP contribution in [0.1, 0.15) is 19.6 Å². The Hall–Kier alpha value is -1.32. The summed E-state index contributed by atoms with van der Waals surface area (Å²) in [6, 6.07) is 10.1. The van der Waals surface area contributed by atoms with Gasteiger partial charge in [0.1, 0.15) is 11.3 Å². The van der Waals surface area contributed by atoms with Crippen molar-refractivity contribution in [1.82, 2.24) is 5.32 Å². The molecule has 2 aromatic rings. The lowest BCUT2D eigenvalue weighted by Crippen LogP contribution is -2.19. The predicted molar refractivity (Wildman–Crippen MR) is 73.6 cm³/mol. The van der Waals surface area contributed by atoms with E-state index in [-0.39, 0.29) is 0 Å². The van der Waals surface area contributed by atoms with Gasteiger partial charge in [0.05, 0.1) is 13.2 Å². The fourth-order valence-corrected chi connectivity index (χ4v) is 1.80. The molecule has 0 bridgehead atoms. The highest BCUT2D eigenvalue weighted by Crippen LogP contribution is 2.18. The van der Waals surface area contributed by atoms with Crippen molar-refractivity contribution in [2.45, 2.75) is 20.4 Å². The molecular formula is C15H21NO2. The smallest absolute Gasteiger partial charge is 0.134 e. The van der Waals surface area contributed by atoms with E-state index in [0.29, 0.717) is 5.92 Å². The van der Waals surface area contributed by atoms with E-state index in [9.17, 15) is 0 Å². The maximum Gasteiger partial charge on any atom is 0.134 e. The molecule has 0 saturated carbocycles. The number of benzene rings is 1. The Morgan fingerprint density at radius 2 is 2.11 bits per heavy atom. The van der Waals surface area contributed by atoms with Gasteiger partial charge >= 0.3 is 0 Å². The minimum atomic E-state index is 0.598. The molecule has 1 heterocycles. The van der Waals surface area contributed by atoms with Crippen LogP contribution in [0.25, 0.3) is 11.0 Å². The van der Waals surface area contributed by atoms with Crippen molar-refractivity contribution in [2.75, 3.05) is 19.8 Å². The molecule has 3 heteroatoms. The number of rotatable bonds is 7. The van der Waals surface area contributed by atoms with Gasteiger partial charge in [-0.05, 0) is 18.1 Å². The molecule has 0 aliphatic heterocycles. The van der Waals surface area contributed by atoms with Crippen molar-refractivity contribution in [3.05, 3.63) is 36.1 Å². The topological polar surface area (TPSA) is 34.4 Å². The second-order valence-electron chi connectivity index (χ2n) is 4.90. The first-order valence-corrected chi connectivity index (χ1v) is 6.51. The molecule has 18 heavy (non-hydrogen) atoms. The number of ether oxygens (including phenoxy) is 1. The average molecular weight is 247 g/mol. The highest BCUT2D eigenvalue weighted by molar-refractivity contribution is 5.77. The summed E-state index contributed by atoms with van der Waals surface area (Å²) in [4.78, 5) is 0. The first-order chi connectivity index (χ1) is 8.75. The molecule has 0 aliphatic rings. The SMILES string of the molecule is CC(C)COCCNCc1cc2ccccc2o1. The van der Waals surface area contributed by atoms with Gasteiger partial charge in [-0.15, -0.1) is 0 Å². The van der Waals surface area contributed by atoms with Gasteiger partial charge in [-0.2, -0.15) is 0 Å². The fourth-order valence-electron chi connectivity index (χ4n) is 1.80. The third-order valence-electron chi connectivity index (χ3n) is 2.65. The first kappa shape index (κ1) is 13.1. The third-order valence-corrected chi connectivity index (χ3v) is 2.65. The third kappa shape index (κ3) is 3.86. The molecule has 2 rings (SSSR count). The van der Waals surface area contributed by atoms with Crippen LogP contribution in [-0.2, 0) is 11.3 Å². The Morgan fingerprint density at radius 1 is 1.28 bits per heavy atom. The van der Waals surface area contributed by atoms with E-state index in [1.165, 1.54) is 0 Å². The van der Waals surface area contributed by atoms with Gasteiger partial charge in [0.15, 0.2) is 0 Å². The van der Waals surface area contributed by atoms with Crippen LogP contribution < -0.4 is 5.32 Å². The highest BCUT2D eigenvalue weighted by atomic mass is 16.5. The predicted octanol–water partition coefficient (Wildman–Crippen LogP) is 3.20. The maximum absolute atomic E-state index is 5.71. The average Bonchev–Trinajstić information content (AvgIpc) is 2.75. The Labute approximate surface area is 108 Å². The number of fused-ring (bicyclic) bond motifs is 1. The number of hydrogen-bond donors (Lipinski definition) is 1. The lowest BCUT2D eigenvalue weighted by molar-refractivity contribution is 0.111. The van der Waals surface area contributed by atoms with Crippen LogP contribution in [0.5, 0.6) is 0 Å². The molecule has 0 fully saturated rings. The standard InChI is InChI=1S/C15H21NO2/c1-12(2)11-17-8-7-16-10-14-9-13-5-3-4-6-15(13)18-14/h3-6,9,12,16H,7-8,10-11H2,1-2H3. The molecule has 0 unspecified atom stereocenters. The van der Waals surface area contributed by atoms with Gasteiger partial charge < -0.3 is 14.5 Å². The summed E-state index contributed by atoms with van der Waals surface area (Å²) < 4.78 is 11.2. The number of furan rings is 1. The minimum Gasteiger partial charge on any atom is -0.460 e. The van der Waals surface area contributed by atoms with Crippen LogP contribution in [0.15, 0.2) is 34.7 Å². The van der Waals surface area contributed by atoms with Crippen molar-refractivity contribution in [2.24, 2.45) is 5.92 Å². The largest absolute Gasteiger partial charge is 0.460 e. The van der Waals surface area contributed by atoms with Crippen LogP contribution in [0.2, 0.25) is 0 Å². The van der Waals surface area contributed by atoms with Crippen LogP contribution in [0.3, 0.4) is 0 Å². The minimum absolute atomic E-state index is 0.598. The lowest BCUT2D eigenvalue weighted by Gasteiger charge is -2.06. The molecule has 1 aromatic heterocycles. The van der Waals surface area contributed by atoms with E-state index in [1.54, 1.807) is 0 Å². The molecule has 0 atom stereocenters. The Bertz CT molecular complexity index is 443. The second kappa shape index (κ2) is 6.57. The summed E-state index contributed by atoms with van der Waals surface area (Å²) in [5.74, 6) is 1.57. The van der Waals surface area contributed by atoms with Gasteiger partial charge in [0.2, 0.25) is 0 Å². The quantitative estimate of drug-likeness (QED) is 0.763. The van der Waals surface area contributed by atoms with Crippen molar-refractivity contribution in [1.29, 1.82) is 0 Å². The van der Waals surface area contributed by atoms with E-state index in [0.717, 1.165) is 43.0 Å². The van der Waals surface area contributed by atoms with Gasteiger partial charge in [-0.1, -0.05) is 32.0 Å². The molecule has 0 spiro atoms. The van der Waals surface area contributed by atoms with Gasteiger partial charge in [0, 0.05) is 18.5 Å².